The van der Waals surface area contributed by atoms with Crippen LogP contribution in [0, 0.1) is 11.8 Å². The Kier molecular flexibility index (Phi) is 13.3. The molecule has 12 nitrogen and oxygen atoms in total. The maximum atomic E-state index is 14.4. The average Bonchev–Trinajstić information content (AvgIpc) is 3.95. The Morgan fingerprint density at radius 2 is 1.62 bits per heavy atom. The largest absolute Gasteiger partial charge is 0.489 e. The van der Waals surface area contributed by atoms with Gasteiger partial charge in [0.1, 0.15) is 18.2 Å². The van der Waals surface area contributed by atoms with Gasteiger partial charge in [-0.3, -0.25) is 14.7 Å². The number of pyridine rings is 1. The van der Waals surface area contributed by atoms with Crippen molar-refractivity contribution in [1.29, 1.82) is 0 Å². The molecule has 5 aliphatic rings. The Hall–Kier alpha value is -4.54. The molecule has 5 fully saturated rings. The molecule has 4 saturated heterocycles. The zero-order valence-electron chi connectivity index (χ0n) is 33.1. The first kappa shape index (κ1) is 43.1. The van der Waals surface area contributed by atoms with Gasteiger partial charge >= 0.3 is 18.6 Å². The van der Waals surface area contributed by atoms with E-state index < -0.39 is 46.8 Å². The maximum Gasteiger partial charge on any atom is 0.387 e. The fourth-order valence-corrected chi connectivity index (χ4v) is 10.5. The summed E-state index contributed by atoms with van der Waals surface area (Å²) < 4.78 is 79.6. The van der Waals surface area contributed by atoms with Gasteiger partial charge in [-0.25, -0.2) is 13.2 Å². The van der Waals surface area contributed by atoms with Gasteiger partial charge in [0, 0.05) is 37.6 Å². The van der Waals surface area contributed by atoms with E-state index in [1.807, 2.05) is 30.3 Å². The molecule has 5 heterocycles. The Morgan fingerprint density at radius 3 is 2.31 bits per heavy atom. The molecule has 1 aromatic heterocycles. The first-order valence-electron chi connectivity index (χ1n) is 20.5. The van der Waals surface area contributed by atoms with Crippen LogP contribution < -0.4 is 14.8 Å². The van der Waals surface area contributed by atoms with E-state index in [9.17, 15) is 26.8 Å². The van der Waals surface area contributed by atoms with Gasteiger partial charge in [0.05, 0.1) is 21.5 Å². The summed E-state index contributed by atoms with van der Waals surface area (Å²) in [6.07, 6.45) is 5.81. The van der Waals surface area contributed by atoms with E-state index in [1.54, 1.807) is 12.1 Å². The molecule has 4 aliphatic heterocycles. The minimum absolute atomic E-state index is 0.0398. The number of carbonyl (C=O) groups excluding carboxylic acids is 2. The Labute approximate surface area is 363 Å². The Morgan fingerprint density at radius 1 is 0.869 bits per heavy atom. The number of hydrogen-bond acceptors (Lipinski definition) is 11. The van der Waals surface area contributed by atoms with Crippen molar-refractivity contribution in [1.82, 2.24) is 14.2 Å². The second kappa shape index (κ2) is 18.8. The van der Waals surface area contributed by atoms with Crippen molar-refractivity contribution in [3.63, 3.8) is 0 Å². The lowest BCUT2D eigenvalue weighted by Crippen LogP contribution is -2.52. The smallest absolute Gasteiger partial charge is 0.387 e. The highest BCUT2D eigenvalue weighted by Crippen LogP contribution is 2.39. The summed E-state index contributed by atoms with van der Waals surface area (Å²) in [5.41, 5.74) is 1.79. The van der Waals surface area contributed by atoms with Gasteiger partial charge in [-0.15, -0.1) is 0 Å². The van der Waals surface area contributed by atoms with Gasteiger partial charge in [-0.1, -0.05) is 65.7 Å². The van der Waals surface area contributed by atoms with Crippen molar-refractivity contribution in [2.24, 2.45) is 11.8 Å². The summed E-state index contributed by atoms with van der Waals surface area (Å²) in [5, 5.41) is 3.64. The lowest BCUT2D eigenvalue weighted by Gasteiger charge is -2.44. The Balaban J connectivity index is 1.03. The van der Waals surface area contributed by atoms with E-state index in [0.717, 1.165) is 43.1 Å². The molecular formula is C44H46Cl2F2N4O8S. The molecule has 1 aliphatic carbocycles. The number of rotatable bonds is 17. The van der Waals surface area contributed by atoms with E-state index in [1.165, 1.54) is 42.7 Å². The molecule has 0 radical (unpaired) electrons. The third-order valence-electron chi connectivity index (χ3n) is 11.8. The highest BCUT2D eigenvalue weighted by Gasteiger charge is 2.42. The fraction of sp³-hybridized carbons (Fsp3) is 0.432. The van der Waals surface area contributed by atoms with Gasteiger partial charge in [0.15, 0.2) is 17.5 Å². The van der Waals surface area contributed by atoms with Gasteiger partial charge in [0.25, 0.3) is 0 Å². The van der Waals surface area contributed by atoms with Crippen LogP contribution in [0.15, 0.2) is 90.1 Å². The normalized spacial score (nSPS) is 22.4. The number of hydrogen-bond donors (Lipinski definition) is 1. The number of nitrogens with zero attached hydrogens (tertiary/aromatic N) is 3. The number of anilines is 1. The number of nitrogens with one attached hydrogen (secondary N) is 1. The molecule has 1 N–H and O–H groups in total. The number of carbonyl (C=O) groups is 2. The standard InChI is InChI=1S/C44H46Cl2F2N4O8S/c45-34-23-49-24-35(46)33(34)22-38(30-13-14-37(60-44(47)48)39(20-30)57-26-27-11-12-27)58-42(53)36-10-5-17-52(36)61(55,56)32-9-4-8-31(21-32)50-41(29-6-2-1-3-7-29)43(54)59-40-25-51-18-15-28(40)16-19-51/h1-4,6-9,13-14,20-21,23-24,27-28,36,38,40-41,44,50H,5,10-12,15-19,22,25-26H2/t36-,38-,40-,41?/m0/s1. The van der Waals surface area contributed by atoms with Crippen LogP contribution in [0.4, 0.5) is 14.5 Å². The third-order valence-corrected chi connectivity index (χ3v) is 14.3. The van der Waals surface area contributed by atoms with E-state index in [4.69, 9.17) is 42.1 Å². The molecule has 9 rings (SSSR count). The monoisotopic (exact) mass is 898 g/mol. The average molecular weight is 900 g/mol. The molecule has 4 aromatic rings. The van der Waals surface area contributed by atoms with Crippen LogP contribution in [0.1, 0.15) is 67.4 Å². The first-order chi connectivity index (χ1) is 29.4. The maximum absolute atomic E-state index is 14.4. The van der Waals surface area contributed by atoms with Crippen molar-refractivity contribution < 1.29 is 45.7 Å². The molecule has 4 atom stereocenters. The van der Waals surface area contributed by atoms with Gasteiger partial charge in [0.2, 0.25) is 10.0 Å². The van der Waals surface area contributed by atoms with Crippen LogP contribution in [-0.2, 0) is 35.5 Å². The van der Waals surface area contributed by atoms with Crippen molar-refractivity contribution in [2.75, 3.05) is 38.1 Å². The molecule has 17 heteroatoms. The van der Waals surface area contributed by atoms with Crippen molar-refractivity contribution >= 4 is 50.9 Å². The minimum atomic E-state index is -4.30. The summed E-state index contributed by atoms with van der Waals surface area (Å²) in [6, 6.07) is 17.4. The molecule has 0 amide bonds. The second-order valence-electron chi connectivity index (χ2n) is 16.0. The van der Waals surface area contributed by atoms with Gasteiger partial charge in [-0.2, -0.15) is 13.1 Å². The van der Waals surface area contributed by atoms with Crippen LogP contribution in [0.2, 0.25) is 10.0 Å². The van der Waals surface area contributed by atoms with E-state index in [-0.39, 0.29) is 58.5 Å². The summed E-state index contributed by atoms with van der Waals surface area (Å²) in [4.78, 5) is 34.3. The fourth-order valence-electron chi connectivity index (χ4n) is 8.29. The summed E-state index contributed by atoms with van der Waals surface area (Å²) in [6.45, 7) is -0.0857. The van der Waals surface area contributed by atoms with Crippen LogP contribution >= 0.6 is 23.2 Å². The minimum Gasteiger partial charge on any atom is -0.489 e. The Bertz CT molecular complexity index is 2300. The van der Waals surface area contributed by atoms with Crippen LogP contribution in [0.25, 0.3) is 0 Å². The lowest BCUT2D eigenvalue weighted by molar-refractivity contribution is -0.160. The number of alkyl halides is 2. The number of aromatic nitrogens is 1. The van der Waals surface area contributed by atoms with Crippen LogP contribution in [0.5, 0.6) is 11.5 Å². The van der Waals surface area contributed by atoms with E-state index in [2.05, 4.69) is 15.2 Å². The van der Waals surface area contributed by atoms with E-state index in [0.29, 0.717) is 47.2 Å². The van der Waals surface area contributed by atoms with Crippen molar-refractivity contribution in [3.05, 3.63) is 112 Å². The number of fused-ring (bicyclic) bond motifs is 3. The van der Waals surface area contributed by atoms with Gasteiger partial charge < -0.3 is 24.3 Å². The zero-order valence-corrected chi connectivity index (χ0v) is 35.5. The predicted molar refractivity (Wildman–Crippen MR) is 223 cm³/mol. The van der Waals surface area contributed by atoms with Crippen molar-refractivity contribution in [3.8, 4) is 11.5 Å². The number of halogens is 4. The number of ether oxygens (including phenoxy) is 4. The highest BCUT2D eigenvalue weighted by atomic mass is 35.5. The first-order valence-corrected chi connectivity index (χ1v) is 22.7. The van der Waals surface area contributed by atoms with Crippen LogP contribution in [0.3, 0.4) is 0 Å². The SMILES string of the molecule is O=C(O[C@H]1CN2CCC1CC2)C(Nc1cccc(S(=O)(=O)N2CCC[C@H]2C(=O)O[C@@H](Cc2c(Cl)cncc2Cl)c2ccc(OC(F)F)c(OCC3CC3)c2)c1)c1ccccc1. The highest BCUT2D eigenvalue weighted by molar-refractivity contribution is 7.89. The molecule has 0 spiro atoms. The molecule has 1 saturated carbocycles. The van der Waals surface area contributed by atoms with Crippen molar-refractivity contribution in [2.45, 2.75) is 80.7 Å². The number of esters is 2. The van der Waals surface area contributed by atoms with E-state index >= 15 is 0 Å². The zero-order chi connectivity index (χ0) is 42.7. The molecule has 2 bridgehead atoms. The number of piperidine rings is 3. The lowest BCUT2D eigenvalue weighted by atomic mass is 9.86. The molecule has 1 unspecified atom stereocenters. The predicted octanol–water partition coefficient (Wildman–Crippen LogP) is 8.25. The molecule has 61 heavy (non-hydrogen) atoms. The summed E-state index contributed by atoms with van der Waals surface area (Å²) >= 11 is 13.0. The molecule has 3 aromatic carbocycles. The topological polar surface area (TPSA) is 137 Å². The van der Waals surface area contributed by atoms with Crippen LogP contribution in [-0.4, -0.2) is 86.1 Å². The third kappa shape index (κ3) is 10.2. The van der Waals surface area contributed by atoms with Gasteiger partial charge in [-0.05, 0) is 110 Å². The quantitative estimate of drug-likeness (QED) is 0.103. The molecule has 324 valence electrons. The molecular weight excluding hydrogens is 853 g/mol. The number of benzene rings is 3. The summed E-state index contributed by atoms with van der Waals surface area (Å²) in [5.74, 6) is -0.832. The summed E-state index contributed by atoms with van der Waals surface area (Å²) in [7, 11) is -4.30. The number of sulfonamides is 1. The second-order valence-corrected chi connectivity index (χ2v) is 18.7.